The van der Waals surface area contributed by atoms with E-state index in [1.165, 1.54) is 22.9 Å². The van der Waals surface area contributed by atoms with E-state index in [0.29, 0.717) is 10.8 Å². The second-order valence-corrected chi connectivity index (χ2v) is 8.45. The van der Waals surface area contributed by atoms with Gasteiger partial charge < -0.3 is 4.57 Å². The van der Waals surface area contributed by atoms with E-state index < -0.39 is 0 Å². The van der Waals surface area contributed by atoms with E-state index in [9.17, 15) is 4.79 Å². The fourth-order valence-corrected chi connectivity index (χ4v) is 3.88. The highest BCUT2D eigenvalue weighted by Gasteiger charge is 2.10. The Bertz CT molecular complexity index is 1050. The van der Waals surface area contributed by atoms with E-state index in [0.717, 1.165) is 27.5 Å². The number of carbonyl (C=O) groups is 1. The van der Waals surface area contributed by atoms with Gasteiger partial charge in [0.15, 0.2) is 0 Å². The van der Waals surface area contributed by atoms with Crippen molar-refractivity contribution in [1.82, 2.24) is 9.99 Å². The van der Waals surface area contributed by atoms with Crippen molar-refractivity contribution in [3.8, 4) is 5.69 Å². The molecular formula is C23H24ClN3OS. The molecular weight excluding hydrogens is 402 g/mol. The van der Waals surface area contributed by atoms with E-state index in [2.05, 4.69) is 67.1 Å². The van der Waals surface area contributed by atoms with Crippen molar-refractivity contribution in [3.05, 3.63) is 81.6 Å². The van der Waals surface area contributed by atoms with E-state index in [1.54, 1.807) is 6.21 Å². The van der Waals surface area contributed by atoms with Gasteiger partial charge in [0.05, 0.1) is 12.0 Å². The van der Waals surface area contributed by atoms with Crippen molar-refractivity contribution >= 4 is 35.5 Å². The Balaban J connectivity index is 1.64. The maximum absolute atomic E-state index is 12.0. The summed E-state index contributed by atoms with van der Waals surface area (Å²) in [5.74, 6) is 0.143. The average Bonchev–Trinajstić information content (AvgIpc) is 2.97. The lowest BCUT2D eigenvalue weighted by Gasteiger charge is -2.11. The predicted molar refractivity (Wildman–Crippen MR) is 123 cm³/mol. The van der Waals surface area contributed by atoms with Crippen LogP contribution in [0.5, 0.6) is 0 Å². The van der Waals surface area contributed by atoms with Gasteiger partial charge in [0.25, 0.3) is 0 Å². The molecule has 1 amide bonds. The number of rotatable bonds is 6. The van der Waals surface area contributed by atoms with Crippen LogP contribution >= 0.6 is 23.4 Å². The van der Waals surface area contributed by atoms with Crippen molar-refractivity contribution < 1.29 is 4.79 Å². The molecule has 3 aromatic rings. The minimum absolute atomic E-state index is 0.149. The summed E-state index contributed by atoms with van der Waals surface area (Å²) < 4.78 is 2.20. The van der Waals surface area contributed by atoms with Gasteiger partial charge in [0.2, 0.25) is 5.91 Å². The molecule has 0 spiro atoms. The van der Waals surface area contributed by atoms with Crippen molar-refractivity contribution in [2.75, 3.05) is 5.75 Å². The first-order valence-electron chi connectivity index (χ1n) is 9.32. The molecule has 6 heteroatoms. The molecule has 1 heterocycles. The molecule has 0 radical (unpaired) electrons. The predicted octanol–water partition coefficient (Wildman–Crippen LogP) is 5.61. The lowest BCUT2D eigenvalue weighted by Crippen LogP contribution is -2.19. The number of aromatic nitrogens is 1. The molecule has 0 aliphatic carbocycles. The molecule has 0 aliphatic rings. The molecule has 29 heavy (non-hydrogen) atoms. The molecule has 1 N–H and O–H groups in total. The summed E-state index contributed by atoms with van der Waals surface area (Å²) in [5, 5.41) is 4.82. The lowest BCUT2D eigenvalue weighted by atomic mass is 10.1. The molecule has 0 fully saturated rings. The van der Waals surface area contributed by atoms with E-state index in [4.69, 9.17) is 11.6 Å². The Morgan fingerprint density at radius 1 is 1.07 bits per heavy atom. The third-order valence-electron chi connectivity index (χ3n) is 4.80. The summed E-state index contributed by atoms with van der Waals surface area (Å²) in [4.78, 5) is 13.0. The van der Waals surface area contributed by atoms with Crippen molar-refractivity contribution in [1.29, 1.82) is 0 Å². The molecule has 3 rings (SSSR count). The van der Waals surface area contributed by atoms with Crippen LogP contribution in [0.15, 0.2) is 58.5 Å². The van der Waals surface area contributed by atoms with Crippen molar-refractivity contribution in [2.24, 2.45) is 5.10 Å². The van der Waals surface area contributed by atoms with Crippen LogP contribution in [0.4, 0.5) is 0 Å². The Labute approximate surface area is 181 Å². The summed E-state index contributed by atoms with van der Waals surface area (Å²) in [6, 6.07) is 15.9. The van der Waals surface area contributed by atoms with Gasteiger partial charge in [-0.15, -0.1) is 11.8 Å². The molecule has 1 aromatic heterocycles. The van der Waals surface area contributed by atoms with Crippen molar-refractivity contribution in [3.63, 3.8) is 0 Å². The molecule has 4 nitrogen and oxygen atoms in total. The number of halogens is 1. The number of thioether (sulfide) groups is 1. The fourth-order valence-electron chi connectivity index (χ4n) is 3.07. The van der Waals surface area contributed by atoms with Crippen LogP contribution in [0.1, 0.15) is 28.1 Å². The maximum atomic E-state index is 12.0. The SMILES string of the molecule is Cc1ccc(-n2c(C)cc(/C=N/NC(=O)CSc3ccc(Cl)cc3)c2C)cc1C. The van der Waals surface area contributed by atoms with Gasteiger partial charge in [0.1, 0.15) is 0 Å². The number of hydrogen-bond donors (Lipinski definition) is 1. The first-order valence-corrected chi connectivity index (χ1v) is 10.7. The van der Waals surface area contributed by atoms with Crippen LogP contribution in [0.25, 0.3) is 5.69 Å². The normalized spacial score (nSPS) is 11.2. The van der Waals surface area contributed by atoms with Crippen LogP contribution < -0.4 is 5.43 Å². The number of nitrogens with one attached hydrogen (secondary N) is 1. The molecule has 150 valence electrons. The zero-order valence-electron chi connectivity index (χ0n) is 17.0. The lowest BCUT2D eigenvalue weighted by molar-refractivity contribution is -0.118. The number of carbonyl (C=O) groups excluding carboxylic acids is 1. The smallest absolute Gasteiger partial charge is 0.250 e. The first kappa shape index (κ1) is 21.2. The summed E-state index contributed by atoms with van der Waals surface area (Å²) in [5.41, 5.74) is 9.45. The number of nitrogens with zero attached hydrogens (tertiary/aromatic N) is 2. The Kier molecular flexibility index (Phi) is 6.83. The van der Waals surface area contributed by atoms with E-state index in [-0.39, 0.29) is 5.91 Å². The third kappa shape index (κ3) is 5.31. The molecule has 0 bridgehead atoms. The van der Waals surface area contributed by atoms with Crippen LogP contribution in [0.3, 0.4) is 0 Å². The Hall–Kier alpha value is -2.50. The molecule has 0 saturated carbocycles. The van der Waals surface area contributed by atoms with E-state index >= 15 is 0 Å². The summed E-state index contributed by atoms with van der Waals surface area (Å²) in [6.07, 6.45) is 1.70. The van der Waals surface area contributed by atoms with Gasteiger partial charge in [-0.3, -0.25) is 4.79 Å². The van der Waals surface area contributed by atoms with Gasteiger partial charge in [0, 0.05) is 32.6 Å². The number of amides is 1. The average molecular weight is 426 g/mol. The minimum Gasteiger partial charge on any atom is -0.318 e. The summed E-state index contributed by atoms with van der Waals surface area (Å²) in [7, 11) is 0. The number of aryl methyl sites for hydroxylation is 3. The second-order valence-electron chi connectivity index (χ2n) is 6.97. The quantitative estimate of drug-likeness (QED) is 0.317. The van der Waals surface area contributed by atoms with Gasteiger partial charge in [-0.25, -0.2) is 5.43 Å². The minimum atomic E-state index is -0.149. The summed E-state index contributed by atoms with van der Waals surface area (Å²) >= 11 is 7.32. The van der Waals surface area contributed by atoms with E-state index in [1.807, 2.05) is 24.3 Å². The van der Waals surface area contributed by atoms with Gasteiger partial charge >= 0.3 is 0 Å². The maximum Gasteiger partial charge on any atom is 0.250 e. The molecule has 0 unspecified atom stereocenters. The zero-order chi connectivity index (χ0) is 21.0. The first-order chi connectivity index (χ1) is 13.8. The zero-order valence-corrected chi connectivity index (χ0v) is 18.6. The highest BCUT2D eigenvalue weighted by Crippen LogP contribution is 2.22. The highest BCUT2D eigenvalue weighted by atomic mass is 35.5. The molecule has 0 aliphatic heterocycles. The fraction of sp³-hybridized carbons (Fsp3) is 0.217. The molecule has 0 saturated heterocycles. The Morgan fingerprint density at radius 3 is 2.48 bits per heavy atom. The number of benzene rings is 2. The van der Waals surface area contributed by atoms with Gasteiger partial charge in [-0.05, 0) is 81.3 Å². The van der Waals surface area contributed by atoms with Crippen molar-refractivity contribution in [2.45, 2.75) is 32.6 Å². The monoisotopic (exact) mass is 425 g/mol. The van der Waals surface area contributed by atoms with Crippen LogP contribution in [-0.2, 0) is 4.79 Å². The second kappa shape index (κ2) is 9.33. The number of hydrogen-bond acceptors (Lipinski definition) is 3. The summed E-state index contributed by atoms with van der Waals surface area (Å²) in [6.45, 7) is 8.36. The Morgan fingerprint density at radius 2 is 1.79 bits per heavy atom. The largest absolute Gasteiger partial charge is 0.318 e. The topological polar surface area (TPSA) is 46.4 Å². The van der Waals surface area contributed by atoms with Crippen LogP contribution in [0, 0.1) is 27.7 Å². The van der Waals surface area contributed by atoms with Gasteiger partial charge in [-0.1, -0.05) is 17.7 Å². The number of hydrazone groups is 1. The van der Waals surface area contributed by atoms with Crippen LogP contribution in [-0.4, -0.2) is 22.4 Å². The highest BCUT2D eigenvalue weighted by molar-refractivity contribution is 8.00. The molecule has 0 atom stereocenters. The van der Waals surface area contributed by atoms with Gasteiger partial charge in [-0.2, -0.15) is 5.10 Å². The third-order valence-corrected chi connectivity index (χ3v) is 6.06. The molecule has 2 aromatic carbocycles. The van der Waals surface area contributed by atoms with Crippen LogP contribution in [0.2, 0.25) is 5.02 Å². The standard InChI is InChI=1S/C23H24ClN3OS/c1-15-5-8-21(11-16(15)2)27-17(3)12-19(18(27)4)13-25-26-23(28)14-29-22-9-6-20(24)7-10-22/h5-13H,14H2,1-4H3,(H,26,28)/b25-13+.